The zero-order chi connectivity index (χ0) is 21.8. The summed E-state index contributed by atoms with van der Waals surface area (Å²) in [7, 11) is 1.34. The Morgan fingerprint density at radius 3 is 2.68 bits per heavy atom. The SMILES string of the molecule is COC(=O)c1ccccc1Cn1cc(NC(=O)c2cc(-c3ccc(C)cc3)on2)cn1. The number of anilines is 1. The second-order valence-corrected chi connectivity index (χ2v) is 6.97. The fourth-order valence-corrected chi connectivity index (χ4v) is 3.09. The van der Waals surface area contributed by atoms with Gasteiger partial charge in [-0.3, -0.25) is 9.48 Å². The second-order valence-electron chi connectivity index (χ2n) is 6.97. The molecule has 0 spiro atoms. The van der Waals surface area contributed by atoms with Gasteiger partial charge >= 0.3 is 5.97 Å². The van der Waals surface area contributed by atoms with E-state index in [1.807, 2.05) is 43.3 Å². The van der Waals surface area contributed by atoms with E-state index in [4.69, 9.17) is 9.26 Å². The summed E-state index contributed by atoms with van der Waals surface area (Å²) in [6.45, 7) is 2.35. The molecule has 0 saturated carbocycles. The van der Waals surface area contributed by atoms with Crippen molar-refractivity contribution in [3.05, 3.63) is 89.4 Å². The number of aromatic nitrogens is 3. The summed E-state index contributed by atoms with van der Waals surface area (Å²) in [4.78, 5) is 24.5. The molecule has 0 bridgehead atoms. The zero-order valence-corrected chi connectivity index (χ0v) is 17.0. The molecule has 31 heavy (non-hydrogen) atoms. The molecule has 0 aliphatic carbocycles. The van der Waals surface area contributed by atoms with Crippen LogP contribution in [0.5, 0.6) is 0 Å². The van der Waals surface area contributed by atoms with Gasteiger partial charge in [-0.25, -0.2) is 4.79 Å². The third-order valence-corrected chi connectivity index (χ3v) is 4.73. The Kier molecular flexibility index (Phi) is 5.61. The molecule has 1 N–H and O–H groups in total. The first-order valence-electron chi connectivity index (χ1n) is 9.57. The molecule has 8 nitrogen and oxygen atoms in total. The Labute approximate surface area is 178 Å². The average Bonchev–Trinajstić information content (AvgIpc) is 3.44. The maximum absolute atomic E-state index is 12.5. The predicted molar refractivity (Wildman–Crippen MR) is 114 cm³/mol. The predicted octanol–water partition coefficient (Wildman–Crippen LogP) is 3.93. The van der Waals surface area contributed by atoms with Gasteiger partial charge in [0.15, 0.2) is 11.5 Å². The number of hydrogen-bond acceptors (Lipinski definition) is 6. The van der Waals surface area contributed by atoms with Crippen molar-refractivity contribution in [3.8, 4) is 11.3 Å². The molecule has 1 amide bonds. The van der Waals surface area contributed by atoms with Crippen LogP contribution in [0, 0.1) is 6.92 Å². The summed E-state index contributed by atoms with van der Waals surface area (Å²) in [6, 6.07) is 16.5. The molecular weight excluding hydrogens is 396 g/mol. The first-order valence-corrected chi connectivity index (χ1v) is 9.57. The molecule has 8 heteroatoms. The van der Waals surface area contributed by atoms with Gasteiger partial charge in [-0.15, -0.1) is 0 Å². The van der Waals surface area contributed by atoms with E-state index in [1.54, 1.807) is 29.1 Å². The van der Waals surface area contributed by atoms with E-state index in [1.165, 1.54) is 13.3 Å². The number of ether oxygens (including phenoxy) is 1. The molecule has 0 atom stereocenters. The summed E-state index contributed by atoms with van der Waals surface area (Å²) in [6.07, 6.45) is 3.20. The van der Waals surface area contributed by atoms with Crippen molar-refractivity contribution in [1.82, 2.24) is 14.9 Å². The molecule has 0 aliphatic heterocycles. The van der Waals surface area contributed by atoms with Crippen LogP contribution in [0.1, 0.15) is 32.0 Å². The van der Waals surface area contributed by atoms with E-state index in [-0.39, 0.29) is 5.69 Å². The van der Waals surface area contributed by atoms with E-state index in [0.29, 0.717) is 23.6 Å². The third kappa shape index (κ3) is 4.53. The summed E-state index contributed by atoms with van der Waals surface area (Å²) in [5, 5.41) is 10.9. The van der Waals surface area contributed by atoms with Crippen LogP contribution in [0.4, 0.5) is 5.69 Å². The lowest BCUT2D eigenvalue weighted by Gasteiger charge is -2.07. The monoisotopic (exact) mass is 416 g/mol. The lowest BCUT2D eigenvalue weighted by atomic mass is 10.1. The van der Waals surface area contributed by atoms with Gasteiger partial charge in [0.25, 0.3) is 5.91 Å². The van der Waals surface area contributed by atoms with Gasteiger partial charge in [0.2, 0.25) is 0 Å². The Bertz CT molecular complexity index is 1220. The molecule has 0 fully saturated rings. The molecule has 4 rings (SSSR count). The number of amides is 1. The Hall–Kier alpha value is -4.20. The highest BCUT2D eigenvalue weighted by Gasteiger charge is 2.16. The molecule has 4 aromatic rings. The van der Waals surface area contributed by atoms with Crippen molar-refractivity contribution < 1.29 is 18.8 Å². The molecule has 0 radical (unpaired) electrons. The highest BCUT2D eigenvalue weighted by Crippen LogP contribution is 2.21. The average molecular weight is 416 g/mol. The minimum Gasteiger partial charge on any atom is -0.465 e. The second kappa shape index (κ2) is 8.66. The Morgan fingerprint density at radius 2 is 1.90 bits per heavy atom. The highest BCUT2D eigenvalue weighted by molar-refractivity contribution is 6.03. The van der Waals surface area contributed by atoms with Crippen molar-refractivity contribution >= 4 is 17.6 Å². The molecule has 156 valence electrons. The smallest absolute Gasteiger partial charge is 0.338 e. The van der Waals surface area contributed by atoms with E-state index < -0.39 is 11.9 Å². The minimum atomic E-state index is -0.410. The van der Waals surface area contributed by atoms with Crippen LogP contribution in [0.2, 0.25) is 0 Å². The standard InChI is InChI=1S/C23H20N4O4/c1-15-7-9-16(10-8-15)21-11-20(26-31-21)22(28)25-18-12-24-27(14-18)13-17-5-3-4-6-19(17)23(29)30-2/h3-12,14H,13H2,1-2H3,(H,25,28). The highest BCUT2D eigenvalue weighted by atomic mass is 16.5. The molecule has 2 heterocycles. The normalized spacial score (nSPS) is 10.6. The summed E-state index contributed by atoms with van der Waals surface area (Å²) < 4.78 is 11.7. The number of benzene rings is 2. The molecule has 0 aliphatic rings. The number of carbonyl (C=O) groups is 2. The maximum atomic E-state index is 12.5. The Morgan fingerprint density at radius 1 is 1.13 bits per heavy atom. The molecule has 0 unspecified atom stereocenters. The van der Waals surface area contributed by atoms with Crippen molar-refractivity contribution in [1.29, 1.82) is 0 Å². The number of rotatable bonds is 6. The Balaban J connectivity index is 1.44. The number of hydrogen-bond donors (Lipinski definition) is 1. The number of esters is 1. The fourth-order valence-electron chi connectivity index (χ4n) is 3.09. The molecule has 0 saturated heterocycles. The lowest BCUT2D eigenvalue weighted by molar-refractivity contribution is 0.0599. The third-order valence-electron chi connectivity index (χ3n) is 4.73. The van der Waals surface area contributed by atoms with Gasteiger partial charge in [-0.05, 0) is 18.6 Å². The van der Waals surface area contributed by atoms with Gasteiger partial charge in [-0.1, -0.05) is 53.2 Å². The number of methoxy groups -OCH3 is 1. The lowest BCUT2D eigenvalue weighted by Crippen LogP contribution is -2.12. The molecular formula is C23H20N4O4. The summed E-state index contributed by atoms with van der Waals surface area (Å²) in [5.41, 5.74) is 3.87. The topological polar surface area (TPSA) is 99.2 Å². The number of carbonyl (C=O) groups excluding carboxylic acids is 2. The maximum Gasteiger partial charge on any atom is 0.338 e. The largest absolute Gasteiger partial charge is 0.465 e. The zero-order valence-electron chi connectivity index (χ0n) is 17.0. The van der Waals surface area contributed by atoms with E-state index in [0.717, 1.165) is 16.7 Å². The van der Waals surface area contributed by atoms with Crippen LogP contribution >= 0.6 is 0 Å². The van der Waals surface area contributed by atoms with Gasteiger partial charge in [-0.2, -0.15) is 5.10 Å². The van der Waals surface area contributed by atoms with Crippen molar-refractivity contribution in [2.45, 2.75) is 13.5 Å². The quantitative estimate of drug-likeness (QED) is 0.478. The minimum absolute atomic E-state index is 0.166. The van der Waals surface area contributed by atoms with Crippen molar-refractivity contribution in [3.63, 3.8) is 0 Å². The van der Waals surface area contributed by atoms with Gasteiger partial charge < -0.3 is 14.6 Å². The number of nitrogens with one attached hydrogen (secondary N) is 1. The van der Waals surface area contributed by atoms with Crippen molar-refractivity contribution in [2.75, 3.05) is 12.4 Å². The first-order chi connectivity index (χ1) is 15.0. The number of nitrogens with zero attached hydrogens (tertiary/aromatic N) is 3. The van der Waals surface area contributed by atoms with Crippen LogP contribution < -0.4 is 5.32 Å². The fraction of sp³-hybridized carbons (Fsp3) is 0.130. The van der Waals surface area contributed by atoms with Crippen LogP contribution in [0.15, 0.2) is 71.5 Å². The summed E-state index contributed by atoms with van der Waals surface area (Å²) >= 11 is 0. The van der Waals surface area contributed by atoms with E-state index in [9.17, 15) is 9.59 Å². The van der Waals surface area contributed by atoms with Crippen molar-refractivity contribution in [2.24, 2.45) is 0 Å². The van der Waals surface area contributed by atoms with E-state index in [2.05, 4.69) is 15.6 Å². The van der Waals surface area contributed by atoms with Gasteiger partial charge in [0.1, 0.15) is 0 Å². The van der Waals surface area contributed by atoms with Gasteiger partial charge in [0, 0.05) is 17.8 Å². The summed E-state index contributed by atoms with van der Waals surface area (Å²) in [5.74, 6) is -0.302. The van der Waals surface area contributed by atoms with Gasteiger partial charge in [0.05, 0.1) is 31.1 Å². The van der Waals surface area contributed by atoms with Crippen LogP contribution in [0.3, 0.4) is 0 Å². The van der Waals surface area contributed by atoms with E-state index >= 15 is 0 Å². The first kappa shape index (κ1) is 20.1. The van der Waals surface area contributed by atoms with Crippen LogP contribution in [0.25, 0.3) is 11.3 Å². The molecule has 2 aromatic heterocycles. The van der Waals surface area contributed by atoms with Crippen LogP contribution in [-0.2, 0) is 11.3 Å². The van der Waals surface area contributed by atoms with Crippen LogP contribution in [-0.4, -0.2) is 33.9 Å². The number of aryl methyl sites for hydroxylation is 1. The molecule has 2 aromatic carbocycles.